The Morgan fingerprint density at radius 2 is 2.22 bits per heavy atom. The van der Waals surface area contributed by atoms with Gasteiger partial charge in [-0.25, -0.2) is 13.8 Å². The quantitative estimate of drug-likeness (QED) is 0.859. The number of halogens is 2. The first kappa shape index (κ1) is 12.3. The van der Waals surface area contributed by atoms with Crippen molar-refractivity contribution in [2.75, 3.05) is 12.3 Å². The lowest BCUT2D eigenvalue weighted by atomic mass is 10.3. The van der Waals surface area contributed by atoms with Crippen molar-refractivity contribution in [2.45, 2.75) is 13.5 Å². The largest absolute Gasteiger partial charge is 0.369 e. The number of nitrogens with one attached hydrogen (secondary N) is 1. The number of aromatic nitrogens is 2. The molecule has 0 radical (unpaired) electrons. The molecule has 0 unspecified atom stereocenters. The maximum Gasteiger partial charge on any atom is 0.240 e. The van der Waals surface area contributed by atoms with Crippen LogP contribution in [0.25, 0.3) is 11.0 Å². The number of hydrogen-bond acceptors (Lipinski definition) is 3. The van der Waals surface area contributed by atoms with Gasteiger partial charge in [0.2, 0.25) is 11.9 Å². The van der Waals surface area contributed by atoms with Gasteiger partial charge < -0.3 is 15.6 Å². The van der Waals surface area contributed by atoms with Gasteiger partial charge in [-0.2, -0.15) is 0 Å². The molecular weight excluding hydrogens is 242 g/mol. The normalized spacial score (nSPS) is 10.8. The molecule has 0 saturated heterocycles. The maximum absolute atomic E-state index is 13.5. The molecule has 1 aromatic carbocycles. The van der Waals surface area contributed by atoms with E-state index in [1.54, 1.807) is 6.92 Å². The second-order valence-electron chi connectivity index (χ2n) is 3.76. The molecule has 0 saturated carbocycles. The number of carbonyl (C=O) groups is 1. The van der Waals surface area contributed by atoms with Gasteiger partial charge in [0.05, 0.1) is 5.52 Å². The SMILES string of the molecule is CCNC(=O)Cn1c(N)nc2c(F)cc(F)cc21. The van der Waals surface area contributed by atoms with E-state index in [2.05, 4.69) is 10.3 Å². The van der Waals surface area contributed by atoms with Crippen LogP contribution >= 0.6 is 0 Å². The average molecular weight is 254 g/mol. The predicted octanol–water partition coefficient (Wildman–Crippen LogP) is 1.03. The third-order valence-electron chi connectivity index (χ3n) is 2.48. The number of nitrogens with two attached hydrogens (primary N) is 1. The molecule has 3 N–H and O–H groups in total. The van der Waals surface area contributed by atoms with E-state index in [-0.39, 0.29) is 29.4 Å². The minimum Gasteiger partial charge on any atom is -0.369 e. The fraction of sp³-hybridized carbons (Fsp3) is 0.273. The first-order chi connectivity index (χ1) is 8.52. The van der Waals surface area contributed by atoms with Crippen LogP contribution in [0.4, 0.5) is 14.7 Å². The summed E-state index contributed by atoms with van der Waals surface area (Å²) in [5.41, 5.74) is 5.72. The molecule has 1 heterocycles. The highest BCUT2D eigenvalue weighted by Crippen LogP contribution is 2.21. The van der Waals surface area contributed by atoms with Gasteiger partial charge in [-0.15, -0.1) is 0 Å². The highest BCUT2D eigenvalue weighted by atomic mass is 19.1. The van der Waals surface area contributed by atoms with Crippen molar-refractivity contribution in [3.05, 3.63) is 23.8 Å². The Morgan fingerprint density at radius 1 is 1.50 bits per heavy atom. The van der Waals surface area contributed by atoms with E-state index in [1.165, 1.54) is 4.57 Å². The minimum atomic E-state index is -0.800. The second kappa shape index (κ2) is 4.59. The van der Waals surface area contributed by atoms with Gasteiger partial charge in [-0.1, -0.05) is 0 Å². The standard InChI is InChI=1S/C11H12F2N4O/c1-2-15-9(18)5-17-8-4-6(12)3-7(13)10(8)16-11(17)14/h3-4H,2,5H2,1H3,(H2,14,16)(H,15,18). The highest BCUT2D eigenvalue weighted by Gasteiger charge is 2.15. The Morgan fingerprint density at radius 3 is 2.89 bits per heavy atom. The van der Waals surface area contributed by atoms with Crippen molar-refractivity contribution in [3.8, 4) is 0 Å². The highest BCUT2D eigenvalue weighted by molar-refractivity contribution is 5.83. The van der Waals surface area contributed by atoms with E-state index in [1.807, 2.05) is 0 Å². The van der Waals surface area contributed by atoms with Crippen molar-refractivity contribution < 1.29 is 13.6 Å². The number of hydrogen-bond donors (Lipinski definition) is 2. The Hall–Kier alpha value is -2.18. The maximum atomic E-state index is 13.5. The summed E-state index contributed by atoms with van der Waals surface area (Å²) in [5.74, 6) is -1.86. The summed E-state index contributed by atoms with van der Waals surface area (Å²) < 4.78 is 27.9. The zero-order chi connectivity index (χ0) is 13.3. The minimum absolute atomic E-state index is 0.0271. The van der Waals surface area contributed by atoms with Crippen LogP contribution in [0.2, 0.25) is 0 Å². The van der Waals surface area contributed by atoms with E-state index >= 15 is 0 Å². The number of likely N-dealkylation sites (N-methyl/N-ethyl adjacent to an activating group) is 1. The molecule has 0 aliphatic rings. The van der Waals surface area contributed by atoms with Gasteiger partial charge in [0.25, 0.3) is 0 Å². The van der Waals surface area contributed by atoms with Crippen LogP contribution in [0.1, 0.15) is 6.92 Å². The van der Waals surface area contributed by atoms with E-state index in [9.17, 15) is 13.6 Å². The number of imidazole rings is 1. The van der Waals surface area contributed by atoms with Crippen LogP contribution in [0, 0.1) is 11.6 Å². The Kier molecular flexibility index (Phi) is 3.14. The molecular formula is C11H12F2N4O. The second-order valence-corrected chi connectivity index (χ2v) is 3.76. The zero-order valence-corrected chi connectivity index (χ0v) is 9.70. The van der Waals surface area contributed by atoms with Crippen molar-refractivity contribution >= 4 is 22.9 Å². The summed E-state index contributed by atoms with van der Waals surface area (Å²) >= 11 is 0. The van der Waals surface area contributed by atoms with Crippen LogP contribution in [0.3, 0.4) is 0 Å². The number of nitrogen functional groups attached to an aromatic ring is 1. The number of benzene rings is 1. The van der Waals surface area contributed by atoms with Gasteiger partial charge in [-0.05, 0) is 6.92 Å². The Bertz CT molecular complexity index is 609. The lowest BCUT2D eigenvalue weighted by Crippen LogP contribution is -2.27. The summed E-state index contributed by atoms with van der Waals surface area (Å²) in [4.78, 5) is 15.3. The first-order valence-electron chi connectivity index (χ1n) is 5.40. The number of nitrogens with zero attached hydrogens (tertiary/aromatic N) is 2. The van der Waals surface area contributed by atoms with Crippen molar-refractivity contribution in [3.63, 3.8) is 0 Å². The predicted molar refractivity (Wildman–Crippen MR) is 62.7 cm³/mol. The molecule has 2 rings (SSSR count). The molecule has 0 fully saturated rings. The first-order valence-corrected chi connectivity index (χ1v) is 5.40. The summed E-state index contributed by atoms with van der Waals surface area (Å²) in [6.45, 7) is 2.11. The zero-order valence-electron chi connectivity index (χ0n) is 9.70. The van der Waals surface area contributed by atoms with E-state index in [0.29, 0.717) is 6.54 Å². The Balaban J connectivity index is 2.50. The molecule has 1 aromatic heterocycles. The lowest BCUT2D eigenvalue weighted by molar-refractivity contribution is -0.121. The van der Waals surface area contributed by atoms with Crippen molar-refractivity contribution in [2.24, 2.45) is 0 Å². The van der Waals surface area contributed by atoms with Crippen LogP contribution in [0.5, 0.6) is 0 Å². The fourth-order valence-corrected chi connectivity index (χ4v) is 1.73. The number of carbonyl (C=O) groups excluding carboxylic acids is 1. The van der Waals surface area contributed by atoms with Crippen molar-refractivity contribution in [1.82, 2.24) is 14.9 Å². The topological polar surface area (TPSA) is 72.9 Å². The molecule has 7 heteroatoms. The summed E-state index contributed by atoms with van der Waals surface area (Å²) in [6, 6.07) is 1.83. The average Bonchev–Trinajstić information content (AvgIpc) is 2.58. The smallest absolute Gasteiger partial charge is 0.240 e. The van der Waals surface area contributed by atoms with E-state index in [4.69, 9.17) is 5.73 Å². The summed E-state index contributed by atoms with van der Waals surface area (Å²) in [6.07, 6.45) is 0. The molecule has 96 valence electrons. The lowest BCUT2D eigenvalue weighted by Gasteiger charge is -2.06. The van der Waals surface area contributed by atoms with Crippen molar-refractivity contribution in [1.29, 1.82) is 0 Å². The van der Waals surface area contributed by atoms with E-state index in [0.717, 1.165) is 12.1 Å². The fourth-order valence-electron chi connectivity index (χ4n) is 1.73. The third kappa shape index (κ3) is 2.11. The van der Waals surface area contributed by atoms with Gasteiger partial charge in [0.15, 0.2) is 5.82 Å². The molecule has 18 heavy (non-hydrogen) atoms. The third-order valence-corrected chi connectivity index (χ3v) is 2.48. The Labute approximate surface area is 102 Å². The van der Waals surface area contributed by atoms with Crippen LogP contribution in [-0.2, 0) is 11.3 Å². The van der Waals surface area contributed by atoms with Crippen LogP contribution in [0.15, 0.2) is 12.1 Å². The molecule has 2 aromatic rings. The molecule has 0 aliphatic heterocycles. The van der Waals surface area contributed by atoms with E-state index < -0.39 is 11.6 Å². The van der Waals surface area contributed by atoms with Crippen LogP contribution < -0.4 is 11.1 Å². The van der Waals surface area contributed by atoms with Crippen LogP contribution in [-0.4, -0.2) is 22.0 Å². The number of amides is 1. The van der Waals surface area contributed by atoms with Gasteiger partial charge in [0.1, 0.15) is 17.9 Å². The molecule has 0 bridgehead atoms. The number of anilines is 1. The van der Waals surface area contributed by atoms with Gasteiger partial charge in [0, 0.05) is 18.7 Å². The molecule has 5 nitrogen and oxygen atoms in total. The van der Waals surface area contributed by atoms with Gasteiger partial charge in [-0.3, -0.25) is 4.79 Å². The molecule has 0 spiro atoms. The summed E-state index contributed by atoms with van der Waals surface area (Å²) in [5, 5.41) is 2.57. The number of rotatable bonds is 3. The van der Waals surface area contributed by atoms with Gasteiger partial charge >= 0.3 is 0 Å². The number of fused-ring (bicyclic) bond motifs is 1. The monoisotopic (exact) mass is 254 g/mol. The molecule has 1 amide bonds. The summed E-state index contributed by atoms with van der Waals surface area (Å²) in [7, 11) is 0. The molecule has 0 atom stereocenters. The molecule has 0 aliphatic carbocycles.